The molecule has 0 saturated carbocycles. The lowest BCUT2D eigenvalue weighted by Gasteiger charge is -2.19. The van der Waals surface area contributed by atoms with Crippen LogP contribution >= 0.6 is 23.5 Å². The first-order chi connectivity index (χ1) is 21.8. The molecule has 0 atom stereocenters. The molecule has 0 radical (unpaired) electrons. The number of hydrogen-bond acceptors (Lipinski definition) is 2. The van der Waals surface area contributed by atoms with Crippen LogP contribution in [0.25, 0.3) is 65.7 Å². The Morgan fingerprint density at radius 1 is 0.227 bits per heavy atom. The molecule has 1 aliphatic heterocycles. The van der Waals surface area contributed by atoms with E-state index < -0.39 is 0 Å². The Kier molecular flexibility index (Phi) is 6.11. The van der Waals surface area contributed by atoms with E-state index in [9.17, 15) is 0 Å². The van der Waals surface area contributed by atoms with Crippen LogP contribution < -0.4 is 0 Å². The molecule has 44 heavy (non-hydrogen) atoms. The van der Waals surface area contributed by atoms with Crippen molar-refractivity contribution in [1.29, 1.82) is 0 Å². The second kappa shape index (κ2) is 10.4. The molecule has 2 heteroatoms. The Hall–Kier alpha value is -4.76. The monoisotopic (exact) mass is 594 g/mol. The molecule has 0 aliphatic carbocycles. The third kappa shape index (κ3) is 4.33. The Bertz CT molecular complexity index is 2350. The normalized spacial score (nSPS) is 12.4. The summed E-state index contributed by atoms with van der Waals surface area (Å²) in [4.78, 5) is 5.31. The average Bonchev–Trinajstić information content (AvgIpc) is 3.10. The zero-order chi connectivity index (χ0) is 29.0. The van der Waals surface area contributed by atoms with Crippen molar-refractivity contribution in [3.8, 4) is 33.4 Å². The predicted molar refractivity (Wildman–Crippen MR) is 190 cm³/mol. The maximum atomic E-state index is 2.40. The highest BCUT2D eigenvalue weighted by atomic mass is 32.2. The first-order valence-corrected chi connectivity index (χ1v) is 16.6. The summed E-state index contributed by atoms with van der Waals surface area (Å²) < 4.78 is 0. The zero-order valence-corrected chi connectivity index (χ0v) is 25.5. The maximum Gasteiger partial charge on any atom is 0.0268 e. The van der Waals surface area contributed by atoms with Gasteiger partial charge in [-0.15, -0.1) is 0 Å². The zero-order valence-electron chi connectivity index (χ0n) is 23.8. The Labute approximate surface area is 265 Å². The van der Waals surface area contributed by atoms with Crippen LogP contribution in [-0.4, -0.2) is 0 Å². The second-order valence-corrected chi connectivity index (χ2v) is 13.5. The first kappa shape index (κ1) is 25.7. The van der Waals surface area contributed by atoms with Crippen molar-refractivity contribution in [3.05, 3.63) is 158 Å². The van der Waals surface area contributed by atoms with E-state index in [0.717, 1.165) is 0 Å². The van der Waals surface area contributed by atoms with E-state index in [-0.39, 0.29) is 0 Å². The van der Waals surface area contributed by atoms with Gasteiger partial charge in [0.15, 0.2) is 0 Å². The molecular formula is C42H26S2. The van der Waals surface area contributed by atoms with Crippen molar-refractivity contribution >= 4 is 55.8 Å². The van der Waals surface area contributed by atoms with Gasteiger partial charge in [0, 0.05) is 19.6 Å². The molecule has 0 fully saturated rings. The fourth-order valence-electron chi connectivity index (χ4n) is 6.55. The maximum absolute atomic E-state index is 2.40. The summed E-state index contributed by atoms with van der Waals surface area (Å²) in [5.41, 5.74) is 7.39. The highest BCUT2D eigenvalue weighted by molar-refractivity contribution is 8.05. The predicted octanol–water partition coefficient (Wildman–Crippen LogP) is 12.8. The lowest BCUT2D eigenvalue weighted by molar-refractivity contribution is 1.16. The SMILES string of the molecule is c1ccc(-c2cc(-c3ccc4c(c3)Sc3ccccc3S4)cc(-c3ccc4c5ccccc5c5ccccc5c4c3)c2)cc1. The van der Waals surface area contributed by atoms with Gasteiger partial charge >= 0.3 is 0 Å². The highest BCUT2D eigenvalue weighted by Crippen LogP contribution is 2.49. The average molecular weight is 595 g/mol. The van der Waals surface area contributed by atoms with Gasteiger partial charge in [-0.25, -0.2) is 0 Å². The lowest BCUT2D eigenvalue weighted by atomic mass is 9.90. The van der Waals surface area contributed by atoms with Crippen LogP contribution in [-0.2, 0) is 0 Å². The Morgan fingerprint density at radius 2 is 0.659 bits per heavy atom. The Balaban J connectivity index is 1.23. The summed E-state index contributed by atoms with van der Waals surface area (Å²) >= 11 is 3.74. The molecular weight excluding hydrogens is 569 g/mol. The molecule has 9 rings (SSSR count). The van der Waals surface area contributed by atoms with Crippen LogP contribution in [0.5, 0.6) is 0 Å². The molecule has 8 aromatic carbocycles. The van der Waals surface area contributed by atoms with Crippen molar-refractivity contribution in [2.24, 2.45) is 0 Å². The van der Waals surface area contributed by atoms with E-state index in [1.54, 1.807) is 0 Å². The standard InChI is InChI=1S/C42H26S2/c1-2-10-27(11-3-1)30-22-31(24-32(23-30)29-19-21-41-42(26-29)44-40-17-9-8-16-39(40)43-41)28-18-20-37-35-14-5-4-12-33(35)34-13-6-7-15-36(34)38(37)25-28/h1-26H. The van der Waals surface area contributed by atoms with Gasteiger partial charge in [-0.05, 0) is 114 Å². The van der Waals surface area contributed by atoms with Gasteiger partial charge in [-0.3, -0.25) is 0 Å². The van der Waals surface area contributed by atoms with Crippen LogP contribution in [0.15, 0.2) is 177 Å². The quantitative estimate of drug-likeness (QED) is 0.187. The molecule has 1 heterocycles. The number of hydrogen-bond donors (Lipinski definition) is 0. The fourth-order valence-corrected chi connectivity index (χ4v) is 8.81. The number of benzene rings is 8. The van der Waals surface area contributed by atoms with Gasteiger partial charge in [0.05, 0.1) is 0 Å². The smallest absolute Gasteiger partial charge is 0.0268 e. The van der Waals surface area contributed by atoms with Crippen molar-refractivity contribution in [2.75, 3.05) is 0 Å². The van der Waals surface area contributed by atoms with Crippen molar-refractivity contribution in [1.82, 2.24) is 0 Å². The molecule has 0 saturated heterocycles. The van der Waals surface area contributed by atoms with E-state index in [1.165, 1.54) is 85.3 Å². The van der Waals surface area contributed by atoms with Crippen molar-refractivity contribution < 1.29 is 0 Å². The summed E-state index contributed by atoms with van der Waals surface area (Å²) in [6.45, 7) is 0. The third-order valence-corrected chi connectivity index (χ3v) is 11.2. The van der Waals surface area contributed by atoms with Crippen LogP contribution in [0.2, 0.25) is 0 Å². The molecule has 8 aromatic rings. The number of rotatable bonds is 3. The fraction of sp³-hybridized carbons (Fsp3) is 0. The minimum atomic E-state index is 1.23. The van der Waals surface area contributed by atoms with Crippen molar-refractivity contribution in [2.45, 2.75) is 19.6 Å². The number of fused-ring (bicyclic) bond motifs is 8. The van der Waals surface area contributed by atoms with Gasteiger partial charge in [-0.2, -0.15) is 0 Å². The largest absolute Gasteiger partial charge is 0.0877 e. The van der Waals surface area contributed by atoms with Gasteiger partial charge in [-0.1, -0.05) is 133 Å². The van der Waals surface area contributed by atoms with E-state index in [1.807, 2.05) is 23.5 Å². The molecule has 0 amide bonds. The van der Waals surface area contributed by atoms with Crippen LogP contribution in [0, 0.1) is 0 Å². The van der Waals surface area contributed by atoms with Crippen LogP contribution in [0.4, 0.5) is 0 Å². The second-order valence-electron chi connectivity index (χ2n) is 11.3. The minimum absolute atomic E-state index is 1.23. The van der Waals surface area contributed by atoms with Crippen molar-refractivity contribution in [3.63, 3.8) is 0 Å². The summed E-state index contributed by atoms with van der Waals surface area (Å²) in [6, 6.07) is 58.1. The first-order valence-electron chi connectivity index (χ1n) is 14.9. The molecule has 0 aromatic heterocycles. The Morgan fingerprint density at radius 3 is 1.30 bits per heavy atom. The molecule has 0 unspecified atom stereocenters. The lowest BCUT2D eigenvalue weighted by Crippen LogP contribution is -1.91. The molecule has 1 aliphatic rings. The van der Waals surface area contributed by atoms with Gasteiger partial charge < -0.3 is 0 Å². The van der Waals surface area contributed by atoms with Gasteiger partial charge in [0.1, 0.15) is 0 Å². The summed E-state index contributed by atoms with van der Waals surface area (Å²) in [7, 11) is 0. The molecule has 0 bridgehead atoms. The highest BCUT2D eigenvalue weighted by Gasteiger charge is 2.18. The molecule has 206 valence electrons. The summed E-state index contributed by atoms with van der Waals surface area (Å²) in [5, 5.41) is 7.81. The summed E-state index contributed by atoms with van der Waals surface area (Å²) in [5.74, 6) is 0. The van der Waals surface area contributed by atoms with E-state index in [0.29, 0.717) is 0 Å². The van der Waals surface area contributed by atoms with Crippen LogP contribution in [0.3, 0.4) is 0 Å². The van der Waals surface area contributed by atoms with E-state index in [2.05, 4.69) is 158 Å². The topological polar surface area (TPSA) is 0 Å². The molecule has 0 nitrogen and oxygen atoms in total. The molecule has 0 N–H and O–H groups in total. The van der Waals surface area contributed by atoms with Gasteiger partial charge in [0.2, 0.25) is 0 Å². The third-order valence-electron chi connectivity index (χ3n) is 8.68. The van der Waals surface area contributed by atoms with Crippen LogP contribution in [0.1, 0.15) is 0 Å². The summed E-state index contributed by atoms with van der Waals surface area (Å²) in [6.07, 6.45) is 0. The molecule has 0 spiro atoms. The van der Waals surface area contributed by atoms with E-state index >= 15 is 0 Å². The van der Waals surface area contributed by atoms with Gasteiger partial charge in [0.25, 0.3) is 0 Å². The minimum Gasteiger partial charge on any atom is -0.0877 e. The van der Waals surface area contributed by atoms with E-state index in [4.69, 9.17) is 0 Å².